The second kappa shape index (κ2) is 5.37. The molecular formula is C10H10Cl2FNO2. The van der Waals surface area contributed by atoms with Crippen molar-refractivity contribution < 1.29 is 13.9 Å². The number of amides is 1. The van der Waals surface area contributed by atoms with E-state index >= 15 is 0 Å². The lowest BCUT2D eigenvalue weighted by Crippen LogP contribution is -2.35. The van der Waals surface area contributed by atoms with Crippen molar-refractivity contribution in [3.8, 4) is 0 Å². The highest BCUT2D eigenvalue weighted by Gasteiger charge is 2.21. The zero-order chi connectivity index (χ0) is 10.8. The molecule has 2 rings (SSSR count). The summed E-state index contributed by atoms with van der Waals surface area (Å²) in [4.78, 5) is 11.0. The van der Waals surface area contributed by atoms with E-state index in [0.717, 1.165) is 0 Å². The number of alkyl carbamates (subject to hydrolysis) is 1. The fourth-order valence-electron chi connectivity index (χ4n) is 1.55. The standard InChI is InChI=1S/C10H9ClFNO2.ClH/c11-7-3-6(4-8(12)5-7)9-1-2-15-10(14)13-9;/h3-5,9H,1-2H2,(H,13,14);1H/t9-;/m0./s1. The minimum Gasteiger partial charge on any atom is -0.449 e. The third-order valence-corrected chi connectivity index (χ3v) is 2.44. The van der Waals surface area contributed by atoms with Crippen molar-refractivity contribution in [2.75, 3.05) is 6.61 Å². The Morgan fingerprint density at radius 2 is 2.19 bits per heavy atom. The van der Waals surface area contributed by atoms with E-state index in [1.54, 1.807) is 6.07 Å². The zero-order valence-electron chi connectivity index (χ0n) is 8.20. The minimum absolute atomic E-state index is 0. The van der Waals surface area contributed by atoms with Crippen molar-refractivity contribution in [2.45, 2.75) is 12.5 Å². The molecule has 0 bridgehead atoms. The van der Waals surface area contributed by atoms with E-state index in [2.05, 4.69) is 5.32 Å². The molecule has 0 aromatic heterocycles. The molecule has 1 amide bonds. The Morgan fingerprint density at radius 3 is 2.81 bits per heavy atom. The predicted octanol–water partition coefficient (Wildman–Crippen LogP) is 3.07. The van der Waals surface area contributed by atoms with Crippen molar-refractivity contribution in [2.24, 2.45) is 0 Å². The Hall–Kier alpha value is -1.00. The van der Waals surface area contributed by atoms with Gasteiger partial charge >= 0.3 is 6.09 Å². The van der Waals surface area contributed by atoms with Gasteiger partial charge in [0, 0.05) is 11.4 Å². The van der Waals surface area contributed by atoms with E-state index in [4.69, 9.17) is 16.3 Å². The van der Waals surface area contributed by atoms with Crippen molar-refractivity contribution in [3.63, 3.8) is 0 Å². The number of ether oxygens (including phenoxy) is 1. The number of halogens is 3. The number of rotatable bonds is 1. The third-order valence-electron chi connectivity index (χ3n) is 2.22. The fourth-order valence-corrected chi connectivity index (χ4v) is 1.78. The van der Waals surface area contributed by atoms with Crippen LogP contribution in [0.3, 0.4) is 0 Å². The van der Waals surface area contributed by atoms with Gasteiger partial charge < -0.3 is 10.1 Å². The SMILES string of the molecule is Cl.O=C1N[C@H](c2cc(F)cc(Cl)c2)CCO1. The van der Waals surface area contributed by atoms with Crippen LogP contribution in [0.2, 0.25) is 5.02 Å². The molecule has 1 aliphatic rings. The van der Waals surface area contributed by atoms with E-state index in [9.17, 15) is 9.18 Å². The van der Waals surface area contributed by atoms with Gasteiger partial charge in [0.2, 0.25) is 0 Å². The lowest BCUT2D eigenvalue weighted by Gasteiger charge is -2.23. The average molecular weight is 266 g/mol. The lowest BCUT2D eigenvalue weighted by atomic mass is 10.0. The Balaban J connectivity index is 0.00000128. The molecule has 1 fully saturated rings. The molecule has 3 nitrogen and oxygen atoms in total. The van der Waals surface area contributed by atoms with Gasteiger partial charge in [0.1, 0.15) is 5.82 Å². The molecule has 1 saturated heterocycles. The number of benzene rings is 1. The molecule has 0 aliphatic carbocycles. The molecule has 1 aliphatic heterocycles. The molecule has 1 N–H and O–H groups in total. The number of hydrogen-bond donors (Lipinski definition) is 1. The first kappa shape index (κ1) is 13.1. The molecule has 0 spiro atoms. The molecule has 0 unspecified atom stereocenters. The summed E-state index contributed by atoms with van der Waals surface area (Å²) >= 11 is 5.72. The van der Waals surface area contributed by atoms with Crippen LogP contribution in [-0.2, 0) is 4.74 Å². The molecule has 0 saturated carbocycles. The Labute approximate surface area is 103 Å². The normalized spacial score (nSPS) is 19.4. The topological polar surface area (TPSA) is 38.3 Å². The lowest BCUT2D eigenvalue weighted by molar-refractivity contribution is 0.115. The van der Waals surface area contributed by atoms with Crippen molar-refractivity contribution in [3.05, 3.63) is 34.6 Å². The van der Waals surface area contributed by atoms with Crippen molar-refractivity contribution in [1.82, 2.24) is 5.32 Å². The number of cyclic esters (lactones) is 1. The summed E-state index contributed by atoms with van der Waals surface area (Å²) < 4.78 is 17.8. The maximum Gasteiger partial charge on any atom is 0.407 e. The first-order valence-corrected chi connectivity index (χ1v) is 4.92. The minimum atomic E-state index is -0.480. The Bertz CT molecular complexity index is 380. The predicted molar refractivity (Wildman–Crippen MR) is 60.5 cm³/mol. The smallest absolute Gasteiger partial charge is 0.407 e. The van der Waals surface area contributed by atoms with Gasteiger partial charge in [0.05, 0.1) is 12.6 Å². The number of hydrogen-bond acceptors (Lipinski definition) is 2. The second-order valence-electron chi connectivity index (χ2n) is 3.32. The fraction of sp³-hybridized carbons (Fsp3) is 0.300. The van der Waals surface area contributed by atoms with Crippen LogP contribution in [-0.4, -0.2) is 12.7 Å². The molecule has 0 radical (unpaired) electrons. The van der Waals surface area contributed by atoms with Crippen LogP contribution < -0.4 is 5.32 Å². The summed E-state index contributed by atoms with van der Waals surface area (Å²) in [6, 6.07) is 4.01. The first-order chi connectivity index (χ1) is 7.15. The van der Waals surface area contributed by atoms with Gasteiger partial charge in [-0.25, -0.2) is 9.18 Å². The number of carbonyl (C=O) groups excluding carboxylic acids is 1. The van der Waals surface area contributed by atoms with Gasteiger partial charge in [-0.2, -0.15) is 0 Å². The van der Waals surface area contributed by atoms with Crippen LogP contribution in [0.5, 0.6) is 0 Å². The van der Waals surface area contributed by atoms with Crippen molar-refractivity contribution >= 4 is 30.1 Å². The van der Waals surface area contributed by atoms with E-state index in [1.165, 1.54) is 12.1 Å². The van der Waals surface area contributed by atoms with Gasteiger partial charge in [0.15, 0.2) is 0 Å². The molecule has 16 heavy (non-hydrogen) atoms. The summed E-state index contributed by atoms with van der Waals surface area (Å²) in [5.41, 5.74) is 0.664. The van der Waals surface area contributed by atoms with Crippen LogP contribution in [0.25, 0.3) is 0 Å². The quantitative estimate of drug-likeness (QED) is 0.848. The largest absolute Gasteiger partial charge is 0.449 e. The maximum absolute atomic E-state index is 13.1. The highest BCUT2D eigenvalue weighted by atomic mass is 35.5. The second-order valence-corrected chi connectivity index (χ2v) is 3.76. The van der Waals surface area contributed by atoms with Crippen LogP contribution in [0.4, 0.5) is 9.18 Å². The molecule has 1 aromatic carbocycles. The molecule has 1 heterocycles. The monoisotopic (exact) mass is 265 g/mol. The summed E-state index contributed by atoms with van der Waals surface area (Å²) in [5.74, 6) is -0.404. The molecular weight excluding hydrogens is 256 g/mol. The average Bonchev–Trinajstić information content (AvgIpc) is 2.16. The number of carbonyl (C=O) groups is 1. The van der Waals surface area contributed by atoms with Gasteiger partial charge in [-0.05, 0) is 23.8 Å². The van der Waals surface area contributed by atoms with E-state index in [0.29, 0.717) is 23.6 Å². The summed E-state index contributed by atoms with van der Waals surface area (Å²) in [5, 5.41) is 2.93. The Morgan fingerprint density at radius 1 is 1.44 bits per heavy atom. The molecule has 6 heteroatoms. The van der Waals surface area contributed by atoms with Crippen LogP contribution in [0.1, 0.15) is 18.0 Å². The van der Waals surface area contributed by atoms with Crippen LogP contribution in [0, 0.1) is 5.82 Å². The van der Waals surface area contributed by atoms with E-state index in [-0.39, 0.29) is 18.4 Å². The first-order valence-electron chi connectivity index (χ1n) is 4.54. The van der Waals surface area contributed by atoms with Gasteiger partial charge in [-0.1, -0.05) is 11.6 Å². The zero-order valence-corrected chi connectivity index (χ0v) is 9.78. The summed E-state index contributed by atoms with van der Waals surface area (Å²) in [6.45, 7) is 0.338. The molecule has 1 aromatic rings. The Kier molecular flexibility index (Phi) is 4.38. The van der Waals surface area contributed by atoms with E-state index < -0.39 is 11.9 Å². The highest BCUT2D eigenvalue weighted by Crippen LogP contribution is 2.24. The maximum atomic E-state index is 13.1. The van der Waals surface area contributed by atoms with Crippen LogP contribution >= 0.6 is 24.0 Å². The summed E-state index contributed by atoms with van der Waals surface area (Å²) in [7, 11) is 0. The molecule has 1 atom stereocenters. The summed E-state index contributed by atoms with van der Waals surface area (Å²) in [6.07, 6.45) is 0.137. The number of nitrogens with one attached hydrogen (secondary N) is 1. The molecule has 88 valence electrons. The van der Waals surface area contributed by atoms with Gasteiger partial charge in [0.25, 0.3) is 0 Å². The highest BCUT2D eigenvalue weighted by molar-refractivity contribution is 6.30. The van der Waals surface area contributed by atoms with Crippen LogP contribution in [0.15, 0.2) is 18.2 Å². The third kappa shape index (κ3) is 3.00. The van der Waals surface area contributed by atoms with E-state index in [1.807, 2.05) is 0 Å². The van der Waals surface area contributed by atoms with Gasteiger partial charge in [-0.15, -0.1) is 12.4 Å². The van der Waals surface area contributed by atoms with Crippen molar-refractivity contribution in [1.29, 1.82) is 0 Å². The van der Waals surface area contributed by atoms with Gasteiger partial charge in [-0.3, -0.25) is 0 Å².